The largest absolute Gasteiger partial charge is 0.341 e. The van der Waals surface area contributed by atoms with E-state index in [0.717, 1.165) is 54.3 Å². The molecule has 2 saturated heterocycles. The van der Waals surface area contributed by atoms with Gasteiger partial charge in [-0.2, -0.15) is 15.0 Å². The highest BCUT2D eigenvalue weighted by Crippen LogP contribution is 2.26. The number of nitrogens with one attached hydrogen (secondary N) is 1. The molecule has 2 aliphatic heterocycles. The number of aryl methyl sites for hydroxylation is 1. The van der Waals surface area contributed by atoms with Gasteiger partial charge < -0.3 is 15.1 Å². The molecule has 0 bridgehead atoms. The van der Waals surface area contributed by atoms with Crippen LogP contribution in [0.15, 0.2) is 18.2 Å². The molecule has 0 amide bonds. The van der Waals surface area contributed by atoms with Crippen LogP contribution < -0.4 is 15.1 Å². The van der Waals surface area contributed by atoms with Crippen molar-refractivity contribution in [3.8, 4) is 0 Å². The SMILES string of the molecule is Cc1ccc(Nc2nc(N3CCCC3)nc(N3CCCC3)n2)cc1Cl.Cl. The van der Waals surface area contributed by atoms with Gasteiger partial charge in [0.05, 0.1) is 0 Å². The van der Waals surface area contributed by atoms with Crippen LogP contribution >= 0.6 is 24.0 Å². The topological polar surface area (TPSA) is 57.2 Å². The molecule has 1 aromatic carbocycles. The van der Waals surface area contributed by atoms with Crippen molar-refractivity contribution in [2.75, 3.05) is 41.3 Å². The predicted octanol–water partition coefficient (Wildman–Crippen LogP) is 4.20. The summed E-state index contributed by atoms with van der Waals surface area (Å²) < 4.78 is 0. The number of benzene rings is 1. The molecule has 0 radical (unpaired) electrons. The molecule has 2 aliphatic rings. The predicted molar refractivity (Wildman–Crippen MR) is 109 cm³/mol. The fourth-order valence-electron chi connectivity index (χ4n) is 3.33. The normalized spacial score (nSPS) is 16.7. The minimum absolute atomic E-state index is 0. The molecule has 1 N–H and O–H groups in total. The standard InChI is InChI=1S/C18H23ClN6.ClH/c1-13-6-7-14(12-15(13)19)20-16-21-17(24-8-2-3-9-24)23-18(22-16)25-10-4-5-11-25;/h6-7,12H,2-5,8-11H2,1H3,(H,20,21,22,23);1H. The second kappa shape index (κ2) is 8.27. The minimum Gasteiger partial charge on any atom is -0.341 e. The van der Waals surface area contributed by atoms with E-state index < -0.39 is 0 Å². The Morgan fingerprint density at radius 3 is 1.92 bits per heavy atom. The molecule has 2 aromatic rings. The zero-order chi connectivity index (χ0) is 17.2. The Morgan fingerprint density at radius 2 is 1.42 bits per heavy atom. The highest BCUT2D eigenvalue weighted by Gasteiger charge is 2.21. The molecular weight excluding hydrogens is 371 g/mol. The van der Waals surface area contributed by atoms with Crippen molar-refractivity contribution in [3.63, 3.8) is 0 Å². The third-order valence-electron chi connectivity index (χ3n) is 4.82. The van der Waals surface area contributed by atoms with Gasteiger partial charge in [-0.25, -0.2) is 0 Å². The van der Waals surface area contributed by atoms with Crippen LogP contribution in [0.1, 0.15) is 31.2 Å². The second-order valence-corrected chi connectivity index (χ2v) is 7.14. The van der Waals surface area contributed by atoms with Gasteiger partial charge in [0.25, 0.3) is 0 Å². The molecule has 0 aliphatic carbocycles. The van der Waals surface area contributed by atoms with Crippen molar-refractivity contribution in [1.29, 1.82) is 0 Å². The van der Waals surface area contributed by atoms with Crippen LogP contribution in [0.25, 0.3) is 0 Å². The van der Waals surface area contributed by atoms with E-state index in [1.54, 1.807) is 0 Å². The average molecular weight is 395 g/mol. The summed E-state index contributed by atoms with van der Waals surface area (Å²) in [4.78, 5) is 18.5. The second-order valence-electron chi connectivity index (χ2n) is 6.74. The Kier molecular flexibility index (Phi) is 6.04. The number of anilines is 4. The van der Waals surface area contributed by atoms with Gasteiger partial charge in [-0.1, -0.05) is 17.7 Å². The molecule has 0 spiro atoms. The molecule has 4 rings (SSSR count). The van der Waals surface area contributed by atoms with E-state index in [4.69, 9.17) is 16.6 Å². The van der Waals surface area contributed by atoms with Gasteiger partial charge in [0.1, 0.15) is 0 Å². The molecule has 6 nitrogen and oxygen atoms in total. The zero-order valence-corrected chi connectivity index (χ0v) is 16.5. The average Bonchev–Trinajstić information content (AvgIpc) is 3.31. The first kappa shape index (κ1) is 19.0. The number of hydrogen-bond donors (Lipinski definition) is 1. The Hall–Kier alpha value is -1.79. The van der Waals surface area contributed by atoms with E-state index in [1.807, 2.05) is 25.1 Å². The van der Waals surface area contributed by atoms with Gasteiger partial charge >= 0.3 is 0 Å². The third kappa shape index (κ3) is 4.13. The maximum absolute atomic E-state index is 6.24. The van der Waals surface area contributed by atoms with Crippen LogP contribution in [0.4, 0.5) is 23.5 Å². The zero-order valence-electron chi connectivity index (χ0n) is 14.9. The lowest BCUT2D eigenvalue weighted by Crippen LogP contribution is -2.25. The smallest absolute Gasteiger partial charge is 0.233 e. The van der Waals surface area contributed by atoms with Gasteiger partial charge in [-0.15, -0.1) is 12.4 Å². The summed E-state index contributed by atoms with van der Waals surface area (Å²) in [6.07, 6.45) is 4.78. The van der Waals surface area contributed by atoms with Gasteiger partial charge in [-0.05, 0) is 50.3 Å². The molecule has 1 aromatic heterocycles. The summed E-state index contributed by atoms with van der Waals surface area (Å²) in [6.45, 7) is 6.04. The number of halogens is 2. The Bertz CT molecular complexity index is 723. The van der Waals surface area contributed by atoms with Gasteiger partial charge in [0.2, 0.25) is 17.8 Å². The maximum atomic E-state index is 6.24. The first-order chi connectivity index (χ1) is 12.2. The summed E-state index contributed by atoms with van der Waals surface area (Å²) in [7, 11) is 0. The van der Waals surface area contributed by atoms with E-state index in [-0.39, 0.29) is 12.4 Å². The van der Waals surface area contributed by atoms with Crippen molar-refractivity contribution < 1.29 is 0 Å². The molecule has 0 saturated carbocycles. The van der Waals surface area contributed by atoms with Crippen LogP contribution in [-0.4, -0.2) is 41.1 Å². The number of nitrogens with zero attached hydrogens (tertiary/aromatic N) is 5. The fraction of sp³-hybridized carbons (Fsp3) is 0.500. The van der Waals surface area contributed by atoms with Crippen LogP contribution in [0.3, 0.4) is 0 Å². The van der Waals surface area contributed by atoms with Crippen LogP contribution in [0.5, 0.6) is 0 Å². The molecule has 8 heteroatoms. The first-order valence-corrected chi connectivity index (χ1v) is 9.36. The Morgan fingerprint density at radius 1 is 0.885 bits per heavy atom. The van der Waals surface area contributed by atoms with Crippen molar-refractivity contribution in [2.45, 2.75) is 32.6 Å². The van der Waals surface area contributed by atoms with E-state index in [2.05, 4.69) is 25.1 Å². The van der Waals surface area contributed by atoms with Crippen molar-refractivity contribution in [3.05, 3.63) is 28.8 Å². The van der Waals surface area contributed by atoms with Gasteiger partial charge in [0, 0.05) is 36.9 Å². The summed E-state index contributed by atoms with van der Waals surface area (Å²) in [6, 6.07) is 5.90. The molecule has 3 heterocycles. The number of rotatable bonds is 4. The molecule has 2 fully saturated rings. The molecule has 0 atom stereocenters. The summed E-state index contributed by atoms with van der Waals surface area (Å²) in [5, 5.41) is 4.03. The van der Waals surface area contributed by atoms with Crippen LogP contribution in [0, 0.1) is 6.92 Å². The monoisotopic (exact) mass is 394 g/mol. The summed E-state index contributed by atoms with van der Waals surface area (Å²) >= 11 is 6.24. The fourth-order valence-corrected chi connectivity index (χ4v) is 3.51. The lowest BCUT2D eigenvalue weighted by molar-refractivity contribution is 0.841. The van der Waals surface area contributed by atoms with Gasteiger partial charge in [-0.3, -0.25) is 0 Å². The molecule has 140 valence electrons. The Labute approximate surface area is 165 Å². The van der Waals surface area contributed by atoms with Crippen molar-refractivity contribution in [2.24, 2.45) is 0 Å². The van der Waals surface area contributed by atoms with Crippen molar-refractivity contribution >= 4 is 47.5 Å². The summed E-state index contributed by atoms with van der Waals surface area (Å²) in [5.41, 5.74) is 1.94. The molecular formula is C18H24Cl2N6. The highest BCUT2D eigenvalue weighted by atomic mass is 35.5. The van der Waals surface area contributed by atoms with E-state index >= 15 is 0 Å². The minimum atomic E-state index is 0. The van der Waals surface area contributed by atoms with Crippen LogP contribution in [-0.2, 0) is 0 Å². The van der Waals surface area contributed by atoms with Gasteiger partial charge in [0.15, 0.2) is 0 Å². The van der Waals surface area contributed by atoms with E-state index in [1.165, 1.54) is 25.7 Å². The number of hydrogen-bond acceptors (Lipinski definition) is 6. The molecule has 26 heavy (non-hydrogen) atoms. The lowest BCUT2D eigenvalue weighted by Gasteiger charge is -2.20. The summed E-state index contributed by atoms with van der Waals surface area (Å²) in [5.74, 6) is 2.13. The quantitative estimate of drug-likeness (QED) is 0.838. The lowest BCUT2D eigenvalue weighted by atomic mass is 10.2. The Balaban J connectivity index is 0.00000196. The first-order valence-electron chi connectivity index (χ1n) is 8.98. The highest BCUT2D eigenvalue weighted by molar-refractivity contribution is 6.31. The van der Waals surface area contributed by atoms with Crippen LogP contribution in [0.2, 0.25) is 5.02 Å². The molecule has 0 unspecified atom stereocenters. The number of aromatic nitrogens is 3. The van der Waals surface area contributed by atoms with E-state index in [9.17, 15) is 0 Å². The van der Waals surface area contributed by atoms with Crippen molar-refractivity contribution in [1.82, 2.24) is 15.0 Å². The van der Waals surface area contributed by atoms with E-state index in [0.29, 0.717) is 5.95 Å². The maximum Gasteiger partial charge on any atom is 0.233 e. The third-order valence-corrected chi connectivity index (χ3v) is 5.22.